The number of aromatic amines is 2. The number of fused-ring (bicyclic) bond motifs is 3. The van der Waals surface area contributed by atoms with Gasteiger partial charge in [0.25, 0.3) is 17.1 Å². The van der Waals surface area contributed by atoms with E-state index in [0.717, 1.165) is 30.7 Å². The largest absolute Gasteiger partial charge is 0.490 e. The fraction of sp³-hybridized carbons (Fsp3) is 0.595. The summed E-state index contributed by atoms with van der Waals surface area (Å²) in [6.07, 6.45) is -11.2. The summed E-state index contributed by atoms with van der Waals surface area (Å²) in [6, 6.07) is 0. The zero-order valence-electron chi connectivity index (χ0n) is 41.8. The molecule has 3 aliphatic rings. The first kappa shape index (κ1) is 59.5. The molecule has 15 N–H and O–H groups in total. The Labute approximate surface area is 446 Å². The van der Waals surface area contributed by atoms with Gasteiger partial charge in [0.2, 0.25) is 17.7 Å². The minimum atomic E-state index is -6.22. The molecule has 0 aromatic carbocycles. The van der Waals surface area contributed by atoms with Crippen molar-refractivity contribution in [3.8, 4) is 0 Å². The molecule has 3 aliphatic heterocycles. The Bertz CT molecular complexity index is 3570. The highest BCUT2D eigenvalue weighted by Crippen LogP contribution is 2.68. The number of anilines is 3. The Morgan fingerprint density at radius 3 is 2.01 bits per heavy atom. The number of nitrogen functional groups attached to an aromatic ring is 3. The minimum absolute atomic E-state index is 0.00102. The summed E-state index contributed by atoms with van der Waals surface area (Å²) in [6.45, 7) is -2.85. The third kappa shape index (κ3) is 12.2. The van der Waals surface area contributed by atoms with E-state index in [-0.39, 0.29) is 77.4 Å². The lowest BCUT2D eigenvalue weighted by atomic mass is 9.95. The number of rotatable bonds is 24. The normalized spacial score (nSPS) is 29.3. The number of H-pyrrole nitrogens is 2. The Kier molecular flexibility index (Phi) is 17.3. The van der Waals surface area contributed by atoms with Gasteiger partial charge >= 0.3 is 36.7 Å². The number of aliphatic hydroxyl groups excluding tert-OH is 3. The molecule has 440 valence electrons. The molecule has 0 amide bonds. The van der Waals surface area contributed by atoms with E-state index in [0.29, 0.717) is 0 Å². The van der Waals surface area contributed by atoms with E-state index in [9.17, 15) is 62.7 Å². The first-order valence-electron chi connectivity index (χ1n) is 23.4. The van der Waals surface area contributed by atoms with Crippen LogP contribution in [0.2, 0.25) is 0 Å². The van der Waals surface area contributed by atoms with Crippen molar-refractivity contribution in [1.82, 2.24) is 53.6 Å². The predicted molar refractivity (Wildman–Crippen MR) is 263 cm³/mol. The van der Waals surface area contributed by atoms with Gasteiger partial charge in [-0.05, 0) is 6.42 Å². The second-order valence-electron chi connectivity index (χ2n) is 18.1. The second-order valence-corrected chi connectivity index (χ2v) is 24.7. The van der Waals surface area contributed by atoms with Crippen molar-refractivity contribution in [3.63, 3.8) is 0 Å². The SMILES string of the molecule is COCCOCC[C@H]1[C@@H](O)[C@H]([n+]2cn(C)c3c(=O)[nH]c(N)nc32)O[C@@H]1COP(=O)(O)OP(=O)(O)OP(=O)(O)OCC1O[C@@H](n2cnc3c(N)ncnc32)[C@H](OC)[C@@H]1P(=O)(O)OC[C@H]1O[C@@H](n2cnc3c(=O)[nH]c(N)nc32)[C@H](O)[C@@H]1O. The van der Waals surface area contributed by atoms with Crippen LogP contribution in [0.25, 0.3) is 33.5 Å². The molecule has 9 rings (SSSR count). The number of methoxy groups -OCH3 is 2. The molecule has 39 nitrogen and oxygen atoms in total. The quantitative estimate of drug-likeness (QED) is 0.0160. The number of hydrogen-bond acceptors (Lipinski definition) is 29. The van der Waals surface area contributed by atoms with Crippen molar-refractivity contribution >= 4 is 82.3 Å². The summed E-state index contributed by atoms with van der Waals surface area (Å²) < 4.78 is 117. The highest BCUT2D eigenvalue weighted by Gasteiger charge is 2.58. The zero-order valence-corrected chi connectivity index (χ0v) is 45.3. The molecule has 6 aromatic rings. The summed E-state index contributed by atoms with van der Waals surface area (Å²) in [7, 11) is -19.3. The molecule has 6 aromatic heterocycles. The van der Waals surface area contributed by atoms with Crippen LogP contribution in [0.4, 0.5) is 17.7 Å². The van der Waals surface area contributed by atoms with Gasteiger partial charge in [0, 0.05) is 26.7 Å². The molecule has 3 fully saturated rings. The zero-order chi connectivity index (χ0) is 57.8. The molecule has 3 saturated heterocycles. The van der Waals surface area contributed by atoms with Gasteiger partial charge in [-0.3, -0.25) is 46.9 Å². The minimum Gasteiger partial charge on any atom is -0.387 e. The topological polar surface area (TPSA) is 551 Å². The van der Waals surface area contributed by atoms with Crippen LogP contribution in [0.3, 0.4) is 0 Å². The Balaban J connectivity index is 0.889. The van der Waals surface area contributed by atoms with E-state index < -0.39 is 135 Å². The van der Waals surface area contributed by atoms with Crippen LogP contribution in [0.15, 0.2) is 34.9 Å². The lowest BCUT2D eigenvalue weighted by molar-refractivity contribution is -0.745. The number of hydrogen-bond donors (Lipinski definition) is 12. The monoisotopic (exact) mass is 1220 g/mol. The van der Waals surface area contributed by atoms with Gasteiger partial charge in [-0.15, -0.1) is 0 Å². The first-order valence-corrected chi connectivity index (χ1v) is 29.6. The lowest BCUT2D eigenvalue weighted by Crippen LogP contribution is -2.45. The van der Waals surface area contributed by atoms with Crippen LogP contribution < -0.4 is 32.9 Å². The molecule has 9 heterocycles. The van der Waals surface area contributed by atoms with Gasteiger partial charge in [0.15, 0.2) is 41.4 Å². The number of nitrogens with one attached hydrogen (secondary N) is 2. The molecular weight excluding hydrogens is 1160 g/mol. The molecule has 80 heavy (non-hydrogen) atoms. The number of aromatic nitrogens is 12. The number of imidazole rings is 3. The van der Waals surface area contributed by atoms with Crippen LogP contribution >= 0.6 is 31.1 Å². The van der Waals surface area contributed by atoms with E-state index in [4.69, 9.17) is 59.2 Å². The molecule has 0 radical (unpaired) electrons. The number of nitrogens with zero attached hydrogens (tertiary/aromatic N) is 10. The van der Waals surface area contributed by atoms with Crippen LogP contribution in [0, 0.1) is 5.92 Å². The molecule has 16 atom stereocenters. The average molecular weight is 1220 g/mol. The van der Waals surface area contributed by atoms with Crippen LogP contribution in [0.5, 0.6) is 0 Å². The summed E-state index contributed by atoms with van der Waals surface area (Å²) in [5.41, 5.74) is 13.8. The number of ether oxygens (including phenoxy) is 6. The van der Waals surface area contributed by atoms with Crippen LogP contribution in [-0.4, -0.2) is 191 Å². The lowest BCUT2D eigenvalue weighted by Gasteiger charge is -2.28. The summed E-state index contributed by atoms with van der Waals surface area (Å²) in [5, 5.41) is 33.6. The van der Waals surface area contributed by atoms with E-state index in [2.05, 4.69) is 48.5 Å². The molecular formula is C37H54N15O24P4+. The third-order valence-electron chi connectivity index (χ3n) is 12.9. The molecule has 0 saturated carbocycles. The second kappa shape index (κ2) is 23.2. The Morgan fingerprint density at radius 2 is 1.32 bits per heavy atom. The smallest absolute Gasteiger partial charge is 0.387 e. The van der Waals surface area contributed by atoms with Gasteiger partial charge in [0.1, 0.15) is 54.1 Å². The van der Waals surface area contributed by atoms with E-state index in [1.54, 1.807) is 0 Å². The number of phosphoric ester groups is 2. The highest BCUT2D eigenvalue weighted by atomic mass is 31.3. The maximum Gasteiger partial charge on any atom is 0.490 e. The summed E-state index contributed by atoms with van der Waals surface area (Å²) >= 11 is 0. The van der Waals surface area contributed by atoms with Crippen molar-refractivity contribution in [2.24, 2.45) is 13.0 Å². The maximum atomic E-state index is 14.5. The van der Waals surface area contributed by atoms with Crippen molar-refractivity contribution in [2.45, 2.75) is 73.5 Å². The van der Waals surface area contributed by atoms with Crippen molar-refractivity contribution < 1.29 is 108 Å². The van der Waals surface area contributed by atoms with E-state index in [1.165, 1.54) is 34.2 Å². The van der Waals surface area contributed by atoms with E-state index in [1.807, 2.05) is 0 Å². The van der Waals surface area contributed by atoms with Gasteiger partial charge < -0.3 is 85.0 Å². The van der Waals surface area contributed by atoms with Crippen molar-refractivity contribution in [1.29, 1.82) is 0 Å². The molecule has 0 aliphatic carbocycles. The Morgan fingerprint density at radius 1 is 0.700 bits per heavy atom. The number of nitrogens with two attached hydrogens (primary N) is 3. The van der Waals surface area contributed by atoms with Crippen molar-refractivity contribution in [3.05, 3.63) is 46.0 Å². The van der Waals surface area contributed by atoms with Gasteiger partial charge in [-0.25, -0.2) is 38.2 Å². The van der Waals surface area contributed by atoms with Gasteiger partial charge in [0.05, 0.1) is 58.8 Å². The van der Waals surface area contributed by atoms with Crippen LogP contribution in [-0.2, 0) is 75.9 Å². The number of aliphatic hydroxyl groups is 3. The average Bonchev–Trinajstić information content (AvgIpc) is 4.32. The molecule has 0 spiro atoms. The third-order valence-corrected chi connectivity index (χ3v) is 19.1. The van der Waals surface area contributed by atoms with Gasteiger partial charge in [-0.2, -0.15) is 13.6 Å². The first-order chi connectivity index (χ1) is 37.7. The number of phosphoric acid groups is 3. The fourth-order valence-electron chi connectivity index (χ4n) is 9.40. The van der Waals surface area contributed by atoms with Crippen LogP contribution in [0.1, 0.15) is 25.1 Å². The highest BCUT2D eigenvalue weighted by molar-refractivity contribution is 7.66. The molecule has 43 heteroatoms. The molecule has 5 unspecified atom stereocenters. The Hall–Kier alpha value is -5.15. The maximum absolute atomic E-state index is 14.5. The number of aryl methyl sites for hydroxylation is 1. The standard InChI is InChI=1S/C37H53N15O24P4/c1-49-14-52(30-21(49)32(57)48-37(40)46-30)33-22(53)15(4-5-68-7-6-66-2)16(72-33)8-70-78(60,61)75-80(64,65)76-79(62,63)71-10-18-26(25(67-3)35(74-18)50-12-43-19-27(38)41-11-42-28(19)50)77(58,59)69-9-17-23(54)24(55)34(73-17)51-13-44-20-29(51)45-36(39)47-31(20)56/h11-18,22-26,33-35,53-55H,4-10H2,1-3H3,(H11-,38,39,40,41,42,45,46,47,48,56,57,58,59,60,61,62,63,64,65)/p+1/t15-,16-,17-,18?,22-,23-,24-,25-,26-,33-,34-,35-/m1/s1. The summed E-state index contributed by atoms with van der Waals surface area (Å²) in [4.78, 5) is 97.7. The predicted octanol–water partition coefficient (Wildman–Crippen LogP) is -3.33. The molecule has 0 bridgehead atoms. The fourth-order valence-corrected chi connectivity index (χ4v) is 14.7. The van der Waals surface area contributed by atoms with E-state index >= 15 is 0 Å². The van der Waals surface area contributed by atoms with Gasteiger partial charge in [-0.1, -0.05) is 4.98 Å². The summed E-state index contributed by atoms with van der Waals surface area (Å²) in [5.74, 6) is -1.65. The van der Waals surface area contributed by atoms with Crippen molar-refractivity contribution in [2.75, 3.05) is 71.1 Å².